The van der Waals surface area contributed by atoms with Crippen molar-refractivity contribution in [2.24, 2.45) is 5.92 Å². The summed E-state index contributed by atoms with van der Waals surface area (Å²) in [6.45, 7) is 6.30. The fourth-order valence-electron chi connectivity index (χ4n) is 2.80. The fourth-order valence-corrected chi connectivity index (χ4v) is 2.80. The van der Waals surface area contributed by atoms with E-state index < -0.39 is 0 Å². The molecule has 0 spiro atoms. The zero-order chi connectivity index (χ0) is 11.8. The molecule has 0 amide bonds. The van der Waals surface area contributed by atoms with Gasteiger partial charge in [-0.1, -0.05) is 29.3 Å². The van der Waals surface area contributed by atoms with Crippen molar-refractivity contribution in [3.8, 4) is 0 Å². The second kappa shape index (κ2) is 4.43. The minimum atomic E-state index is 0.243. The number of benzene rings is 1. The number of ether oxygens (including phenoxy) is 1. The van der Waals surface area contributed by atoms with E-state index in [4.69, 9.17) is 4.74 Å². The lowest BCUT2D eigenvalue weighted by atomic mass is 10.0. The number of hydrogen-bond acceptors (Lipinski definition) is 2. The first-order chi connectivity index (χ1) is 8.22. The van der Waals surface area contributed by atoms with E-state index >= 15 is 0 Å². The van der Waals surface area contributed by atoms with Gasteiger partial charge in [0, 0.05) is 13.1 Å². The van der Waals surface area contributed by atoms with Crippen LogP contribution in [0.2, 0.25) is 0 Å². The van der Waals surface area contributed by atoms with Crippen LogP contribution in [0.25, 0.3) is 0 Å². The van der Waals surface area contributed by atoms with Gasteiger partial charge in [-0.3, -0.25) is 0 Å². The van der Waals surface area contributed by atoms with Crippen LogP contribution in [-0.2, 0) is 4.74 Å². The Bertz CT molecular complexity index is 391. The van der Waals surface area contributed by atoms with Crippen molar-refractivity contribution >= 4 is 0 Å². The van der Waals surface area contributed by atoms with E-state index in [1.54, 1.807) is 0 Å². The van der Waals surface area contributed by atoms with E-state index in [9.17, 15) is 0 Å². The summed E-state index contributed by atoms with van der Waals surface area (Å²) in [5, 5.41) is 3.52. The first kappa shape index (κ1) is 11.2. The lowest BCUT2D eigenvalue weighted by molar-refractivity contribution is -0.0494. The van der Waals surface area contributed by atoms with Crippen molar-refractivity contribution in [2.45, 2.75) is 38.9 Å². The Morgan fingerprint density at radius 1 is 1.06 bits per heavy atom. The highest BCUT2D eigenvalue weighted by Crippen LogP contribution is 2.37. The van der Waals surface area contributed by atoms with E-state index in [2.05, 4.69) is 37.4 Å². The van der Waals surface area contributed by atoms with Crippen LogP contribution in [0.15, 0.2) is 18.2 Å². The predicted octanol–water partition coefficient (Wildman–Crippen LogP) is 2.74. The molecular formula is C15H21NO. The molecule has 2 unspecified atom stereocenters. The summed E-state index contributed by atoms with van der Waals surface area (Å²) in [5.74, 6) is 0.816. The van der Waals surface area contributed by atoms with Crippen molar-refractivity contribution in [1.29, 1.82) is 0 Å². The lowest BCUT2D eigenvalue weighted by Gasteiger charge is -2.31. The van der Waals surface area contributed by atoms with Gasteiger partial charge in [0.1, 0.15) is 0 Å². The maximum Gasteiger partial charge on any atom is 0.0953 e. The minimum absolute atomic E-state index is 0.243. The van der Waals surface area contributed by atoms with Gasteiger partial charge in [-0.15, -0.1) is 0 Å². The fraction of sp³-hybridized carbons (Fsp3) is 0.600. The highest BCUT2D eigenvalue weighted by molar-refractivity contribution is 5.30. The third-order valence-corrected chi connectivity index (χ3v) is 3.78. The molecule has 1 N–H and O–H groups in total. The van der Waals surface area contributed by atoms with Crippen LogP contribution in [0.3, 0.4) is 0 Å². The zero-order valence-electron chi connectivity index (χ0n) is 10.7. The maximum absolute atomic E-state index is 6.24. The second-order valence-corrected chi connectivity index (χ2v) is 5.58. The van der Waals surface area contributed by atoms with Crippen molar-refractivity contribution in [1.82, 2.24) is 5.32 Å². The van der Waals surface area contributed by atoms with Gasteiger partial charge >= 0.3 is 0 Å². The SMILES string of the molecule is Cc1cc(C)cc(C2CNCC(C3CC3)O2)c1. The molecule has 0 bridgehead atoms. The number of rotatable bonds is 2. The molecule has 2 atom stereocenters. The summed E-state index contributed by atoms with van der Waals surface area (Å²) >= 11 is 0. The molecule has 2 heteroatoms. The van der Waals surface area contributed by atoms with Crippen molar-refractivity contribution in [3.05, 3.63) is 34.9 Å². The van der Waals surface area contributed by atoms with Gasteiger partial charge in [-0.2, -0.15) is 0 Å². The summed E-state index contributed by atoms with van der Waals surface area (Å²) in [5.41, 5.74) is 4.00. The molecule has 0 radical (unpaired) electrons. The highest BCUT2D eigenvalue weighted by atomic mass is 16.5. The van der Waals surface area contributed by atoms with E-state index in [1.807, 2.05) is 0 Å². The van der Waals surface area contributed by atoms with E-state index in [0.29, 0.717) is 6.10 Å². The molecule has 1 aromatic rings. The Balaban J connectivity index is 1.77. The van der Waals surface area contributed by atoms with Crippen molar-refractivity contribution in [3.63, 3.8) is 0 Å². The van der Waals surface area contributed by atoms with Crippen LogP contribution in [-0.4, -0.2) is 19.2 Å². The average molecular weight is 231 g/mol. The molecule has 3 rings (SSSR count). The summed E-state index contributed by atoms with van der Waals surface area (Å²) in [4.78, 5) is 0. The monoisotopic (exact) mass is 231 g/mol. The maximum atomic E-state index is 6.24. The number of nitrogens with one attached hydrogen (secondary N) is 1. The third kappa shape index (κ3) is 2.53. The average Bonchev–Trinajstić information content (AvgIpc) is 3.12. The van der Waals surface area contributed by atoms with Crippen LogP contribution in [0.1, 0.15) is 35.6 Å². The van der Waals surface area contributed by atoms with Gasteiger partial charge in [0.05, 0.1) is 12.2 Å². The number of morpholine rings is 1. The smallest absolute Gasteiger partial charge is 0.0953 e. The van der Waals surface area contributed by atoms with Crippen LogP contribution >= 0.6 is 0 Å². The minimum Gasteiger partial charge on any atom is -0.367 e. The largest absolute Gasteiger partial charge is 0.367 e. The Morgan fingerprint density at radius 2 is 1.76 bits per heavy atom. The summed E-state index contributed by atoms with van der Waals surface area (Å²) in [6, 6.07) is 6.74. The van der Waals surface area contributed by atoms with Crippen LogP contribution < -0.4 is 5.32 Å². The molecule has 1 saturated heterocycles. The van der Waals surface area contributed by atoms with Crippen LogP contribution in [0, 0.1) is 19.8 Å². The van der Waals surface area contributed by atoms with Crippen LogP contribution in [0.4, 0.5) is 0 Å². The molecule has 1 heterocycles. The Morgan fingerprint density at radius 3 is 2.41 bits per heavy atom. The number of aryl methyl sites for hydroxylation is 2. The molecule has 1 aliphatic carbocycles. The van der Waals surface area contributed by atoms with Gasteiger partial charge in [0.2, 0.25) is 0 Å². The zero-order valence-corrected chi connectivity index (χ0v) is 10.7. The molecule has 17 heavy (non-hydrogen) atoms. The first-order valence-corrected chi connectivity index (χ1v) is 6.67. The molecule has 2 fully saturated rings. The van der Waals surface area contributed by atoms with Crippen molar-refractivity contribution < 1.29 is 4.74 Å². The van der Waals surface area contributed by atoms with Crippen LogP contribution in [0.5, 0.6) is 0 Å². The van der Waals surface area contributed by atoms with Crippen molar-refractivity contribution in [2.75, 3.05) is 13.1 Å². The highest BCUT2D eigenvalue weighted by Gasteiger charge is 2.35. The Hall–Kier alpha value is -0.860. The van der Waals surface area contributed by atoms with E-state index in [-0.39, 0.29) is 6.10 Å². The molecule has 0 aromatic heterocycles. The summed E-state index contributed by atoms with van der Waals surface area (Å²) in [6.07, 6.45) is 3.39. The topological polar surface area (TPSA) is 21.3 Å². The number of hydrogen-bond donors (Lipinski definition) is 1. The quantitative estimate of drug-likeness (QED) is 0.845. The molecule has 1 saturated carbocycles. The predicted molar refractivity (Wildman–Crippen MR) is 69.1 cm³/mol. The van der Waals surface area contributed by atoms with Gasteiger partial charge in [-0.25, -0.2) is 0 Å². The molecule has 92 valence electrons. The van der Waals surface area contributed by atoms with Gasteiger partial charge in [0.25, 0.3) is 0 Å². The summed E-state index contributed by atoms with van der Waals surface area (Å²) in [7, 11) is 0. The molecule has 2 aliphatic rings. The second-order valence-electron chi connectivity index (χ2n) is 5.58. The third-order valence-electron chi connectivity index (χ3n) is 3.78. The molecule has 2 nitrogen and oxygen atoms in total. The molecule has 1 aromatic carbocycles. The van der Waals surface area contributed by atoms with E-state index in [0.717, 1.165) is 19.0 Å². The molecular weight excluding hydrogens is 210 g/mol. The Kier molecular flexibility index (Phi) is 2.93. The Labute approximate surface area is 103 Å². The standard InChI is InChI=1S/C15H21NO/c1-10-5-11(2)7-13(6-10)15-9-16-8-14(17-15)12-3-4-12/h5-7,12,14-16H,3-4,8-9H2,1-2H3. The van der Waals surface area contributed by atoms with Gasteiger partial charge < -0.3 is 10.1 Å². The summed E-state index contributed by atoms with van der Waals surface area (Å²) < 4.78 is 6.24. The molecule has 1 aliphatic heterocycles. The van der Waals surface area contributed by atoms with Gasteiger partial charge in [-0.05, 0) is 38.2 Å². The first-order valence-electron chi connectivity index (χ1n) is 6.67. The normalized spacial score (nSPS) is 29.3. The lowest BCUT2D eigenvalue weighted by Crippen LogP contribution is -2.41. The van der Waals surface area contributed by atoms with E-state index in [1.165, 1.54) is 29.5 Å². The van der Waals surface area contributed by atoms with Gasteiger partial charge in [0.15, 0.2) is 0 Å².